The second-order valence-electron chi connectivity index (χ2n) is 7.28. The summed E-state index contributed by atoms with van der Waals surface area (Å²) < 4.78 is 0.875. The maximum atomic E-state index is 10.1. The zero-order valence-corrected chi connectivity index (χ0v) is 16.9. The highest BCUT2D eigenvalue weighted by atomic mass is 79.9. The van der Waals surface area contributed by atoms with Gasteiger partial charge in [0.2, 0.25) is 0 Å². The van der Waals surface area contributed by atoms with Crippen LogP contribution in [0.1, 0.15) is 25.3 Å². The average molecular weight is 422 g/mol. The number of halogens is 1. The van der Waals surface area contributed by atoms with Crippen LogP contribution >= 0.6 is 15.9 Å². The Bertz CT molecular complexity index is 940. The first-order valence-electron chi connectivity index (χ1n) is 8.82. The van der Waals surface area contributed by atoms with Crippen LogP contribution in [0.15, 0.2) is 51.7 Å². The van der Waals surface area contributed by atoms with Crippen LogP contribution in [0.3, 0.4) is 0 Å². The molecule has 6 heteroatoms. The summed E-state index contributed by atoms with van der Waals surface area (Å²) in [5, 5.41) is 29.8. The first-order chi connectivity index (χ1) is 12.9. The van der Waals surface area contributed by atoms with Gasteiger partial charge in [0.15, 0.2) is 5.41 Å². The van der Waals surface area contributed by atoms with Gasteiger partial charge in [-0.15, -0.1) is 0 Å². The molecule has 0 saturated heterocycles. The molecule has 0 unspecified atom stereocenters. The lowest BCUT2D eigenvalue weighted by molar-refractivity contribution is 0.174. The summed E-state index contributed by atoms with van der Waals surface area (Å²) in [6, 6.07) is 14.5. The maximum Gasteiger partial charge on any atom is 0.191 e. The quantitative estimate of drug-likeness (QED) is 0.785. The van der Waals surface area contributed by atoms with Gasteiger partial charge in [-0.3, -0.25) is 4.90 Å². The summed E-state index contributed by atoms with van der Waals surface area (Å²) in [5.74, 6) is -0.605. The van der Waals surface area contributed by atoms with Crippen LogP contribution in [0.2, 0.25) is 0 Å². The SMILES string of the molecule is CC(C)N1CC=C2C(C#N)=C(N)C(C#N)(C#N)[C@@H](c3cccc(Br)c3)[C@@H]2C1. The molecule has 136 valence electrons. The van der Waals surface area contributed by atoms with Gasteiger partial charge < -0.3 is 5.73 Å². The molecule has 1 aliphatic carbocycles. The minimum Gasteiger partial charge on any atom is -0.399 e. The summed E-state index contributed by atoms with van der Waals surface area (Å²) in [7, 11) is 0. The van der Waals surface area contributed by atoms with Gasteiger partial charge in [0.05, 0.1) is 23.4 Å². The van der Waals surface area contributed by atoms with Crippen LogP contribution < -0.4 is 5.73 Å². The van der Waals surface area contributed by atoms with Crippen molar-refractivity contribution in [1.82, 2.24) is 4.90 Å². The van der Waals surface area contributed by atoms with Crippen molar-refractivity contribution in [2.24, 2.45) is 17.1 Å². The van der Waals surface area contributed by atoms with Crippen molar-refractivity contribution in [2.75, 3.05) is 13.1 Å². The molecule has 27 heavy (non-hydrogen) atoms. The molecule has 0 fully saturated rings. The van der Waals surface area contributed by atoms with E-state index in [1.807, 2.05) is 30.3 Å². The van der Waals surface area contributed by atoms with Gasteiger partial charge in [0.25, 0.3) is 0 Å². The van der Waals surface area contributed by atoms with Gasteiger partial charge in [-0.25, -0.2) is 0 Å². The Morgan fingerprint density at radius 2 is 1.96 bits per heavy atom. The van der Waals surface area contributed by atoms with E-state index in [2.05, 4.69) is 52.9 Å². The van der Waals surface area contributed by atoms with E-state index >= 15 is 0 Å². The fraction of sp³-hybridized carbons (Fsp3) is 0.381. The Kier molecular flexibility index (Phi) is 5.11. The van der Waals surface area contributed by atoms with Crippen molar-refractivity contribution < 1.29 is 0 Å². The van der Waals surface area contributed by atoms with Crippen LogP contribution in [0.5, 0.6) is 0 Å². The average Bonchev–Trinajstić information content (AvgIpc) is 2.66. The van der Waals surface area contributed by atoms with Crippen LogP contribution in [-0.4, -0.2) is 24.0 Å². The molecule has 0 aromatic heterocycles. The summed E-state index contributed by atoms with van der Waals surface area (Å²) in [4.78, 5) is 2.29. The molecule has 0 bridgehead atoms. The number of benzene rings is 1. The normalized spacial score (nSPS) is 24.4. The summed E-state index contributed by atoms with van der Waals surface area (Å²) in [6.07, 6.45) is 2.03. The topological polar surface area (TPSA) is 101 Å². The van der Waals surface area contributed by atoms with Crippen molar-refractivity contribution in [3.05, 3.63) is 57.2 Å². The van der Waals surface area contributed by atoms with Gasteiger partial charge in [-0.2, -0.15) is 15.8 Å². The Hall–Kier alpha value is -2.59. The molecular weight excluding hydrogens is 402 g/mol. The highest BCUT2D eigenvalue weighted by Crippen LogP contribution is 2.54. The number of nitrogens with two attached hydrogens (primary N) is 1. The molecule has 3 rings (SSSR count). The van der Waals surface area contributed by atoms with Crippen molar-refractivity contribution >= 4 is 15.9 Å². The van der Waals surface area contributed by atoms with Crippen LogP contribution in [0.25, 0.3) is 0 Å². The summed E-state index contributed by atoms with van der Waals surface area (Å²) >= 11 is 3.49. The number of allylic oxidation sites excluding steroid dienone is 2. The van der Waals surface area contributed by atoms with E-state index in [1.54, 1.807) is 0 Å². The molecule has 1 aromatic carbocycles. The molecule has 1 aromatic rings. The lowest BCUT2D eigenvalue weighted by Gasteiger charge is -2.46. The van der Waals surface area contributed by atoms with Crippen molar-refractivity contribution in [2.45, 2.75) is 25.8 Å². The van der Waals surface area contributed by atoms with E-state index in [1.165, 1.54) is 0 Å². The second-order valence-corrected chi connectivity index (χ2v) is 8.19. The third kappa shape index (κ3) is 2.94. The molecule has 0 spiro atoms. The summed E-state index contributed by atoms with van der Waals surface area (Å²) in [6.45, 7) is 5.63. The van der Waals surface area contributed by atoms with Crippen molar-refractivity contribution in [1.29, 1.82) is 15.8 Å². The lowest BCUT2D eigenvalue weighted by atomic mass is 9.58. The number of nitriles is 3. The maximum absolute atomic E-state index is 10.1. The number of hydrogen-bond donors (Lipinski definition) is 1. The van der Waals surface area contributed by atoms with E-state index in [4.69, 9.17) is 5.73 Å². The molecule has 0 amide bonds. The highest BCUT2D eigenvalue weighted by Gasteiger charge is 2.54. The highest BCUT2D eigenvalue weighted by molar-refractivity contribution is 9.10. The van der Waals surface area contributed by atoms with Gasteiger partial charge in [0.1, 0.15) is 6.07 Å². The fourth-order valence-corrected chi connectivity index (χ4v) is 4.62. The molecule has 5 nitrogen and oxygen atoms in total. The van der Waals surface area contributed by atoms with Crippen LogP contribution in [-0.2, 0) is 0 Å². The summed E-state index contributed by atoms with van der Waals surface area (Å²) in [5.41, 5.74) is 6.82. The Morgan fingerprint density at radius 1 is 1.26 bits per heavy atom. The van der Waals surface area contributed by atoms with E-state index in [0.29, 0.717) is 12.6 Å². The predicted octanol–water partition coefficient (Wildman–Crippen LogP) is 3.58. The van der Waals surface area contributed by atoms with Crippen LogP contribution in [0, 0.1) is 45.3 Å². The minimum atomic E-state index is -1.58. The van der Waals surface area contributed by atoms with Crippen LogP contribution in [0.4, 0.5) is 0 Å². The number of fused-ring (bicyclic) bond motifs is 1. The molecule has 1 heterocycles. The number of rotatable bonds is 2. The fourth-order valence-electron chi connectivity index (χ4n) is 4.20. The zero-order chi connectivity index (χ0) is 19.8. The third-order valence-corrected chi connectivity index (χ3v) is 6.12. The van der Waals surface area contributed by atoms with Gasteiger partial charge in [0, 0.05) is 35.4 Å². The van der Waals surface area contributed by atoms with Crippen molar-refractivity contribution in [3.63, 3.8) is 0 Å². The Morgan fingerprint density at radius 3 is 2.52 bits per heavy atom. The molecule has 2 atom stereocenters. The van der Waals surface area contributed by atoms with E-state index in [9.17, 15) is 15.8 Å². The second kappa shape index (κ2) is 7.20. The third-order valence-electron chi connectivity index (χ3n) is 5.63. The molecular formula is C21H20BrN5. The van der Waals surface area contributed by atoms with Gasteiger partial charge in [-0.05, 0) is 37.1 Å². The standard InChI is InChI=1S/C21H20BrN5/c1-13(2)27-7-6-16-17(9-23)20(26)21(11-24,12-25)19(18(16)10-27)14-4-3-5-15(22)8-14/h3-6,8,13,18-19H,7,10,26H2,1-2H3/t18-,19+/m1/s1. The molecule has 0 radical (unpaired) electrons. The first kappa shape index (κ1) is 19.2. The number of nitrogens with zero attached hydrogens (tertiary/aromatic N) is 4. The monoisotopic (exact) mass is 421 g/mol. The molecule has 2 N–H and O–H groups in total. The largest absolute Gasteiger partial charge is 0.399 e. The smallest absolute Gasteiger partial charge is 0.191 e. The minimum absolute atomic E-state index is 0.0699. The molecule has 1 aliphatic heterocycles. The van der Waals surface area contributed by atoms with Gasteiger partial charge >= 0.3 is 0 Å². The van der Waals surface area contributed by atoms with E-state index < -0.39 is 11.3 Å². The Labute approximate surface area is 168 Å². The number of hydrogen-bond acceptors (Lipinski definition) is 5. The van der Waals surface area contributed by atoms with Gasteiger partial charge in [-0.1, -0.05) is 34.1 Å². The Balaban J connectivity index is 2.31. The molecule has 0 saturated carbocycles. The van der Waals surface area contributed by atoms with E-state index in [0.717, 1.165) is 22.2 Å². The van der Waals surface area contributed by atoms with Crippen molar-refractivity contribution in [3.8, 4) is 18.2 Å². The zero-order valence-electron chi connectivity index (χ0n) is 15.3. The van der Waals surface area contributed by atoms with E-state index in [-0.39, 0.29) is 17.2 Å². The lowest BCUT2D eigenvalue weighted by Crippen LogP contribution is -2.49. The first-order valence-corrected chi connectivity index (χ1v) is 9.61. The predicted molar refractivity (Wildman–Crippen MR) is 106 cm³/mol. The molecule has 2 aliphatic rings.